The van der Waals surface area contributed by atoms with E-state index in [2.05, 4.69) is 43.8 Å². The number of imidazole rings is 1. The lowest BCUT2D eigenvalue weighted by molar-refractivity contribution is 0.602. The van der Waals surface area contributed by atoms with Crippen LogP contribution in [-0.2, 0) is 0 Å². The summed E-state index contributed by atoms with van der Waals surface area (Å²) < 4.78 is 5.93. The quantitative estimate of drug-likeness (QED) is 0.517. The zero-order valence-electron chi connectivity index (χ0n) is 15.1. The number of nitrogens with one attached hydrogen (secondary N) is 3. The molecule has 3 N–H and O–H groups in total. The minimum Gasteiger partial charge on any atom is -0.453 e. The van der Waals surface area contributed by atoms with Gasteiger partial charge >= 0.3 is 0 Å². The Morgan fingerprint density at radius 3 is 2.46 bits per heavy atom. The first kappa shape index (κ1) is 15.4. The van der Waals surface area contributed by atoms with Crippen LogP contribution in [0, 0.1) is 0 Å². The number of benzene rings is 2. The number of rotatable bonds is 3. The number of nitrogens with zero attached hydrogens (tertiary/aromatic N) is 3. The van der Waals surface area contributed by atoms with Crippen LogP contribution >= 0.6 is 0 Å². The molecule has 7 heteroatoms. The van der Waals surface area contributed by atoms with Crippen molar-refractivity contribution in [2.75, 3.05) is 26.2 Å². The molecule has 7 nitrogen and oxygen atoms in total. The standard InChI is InChI=1S/C21H18N6O/c1-3-15-16(10-13(1)19-22-5-6-23-19)27-20(26-15)12-2-4-17-14(9-12)11-18(28-17)21-24-7-8-25-21/h1-4,9-11H,5-8H2,(H,22,23)(H,24,25)(H,26,27). The molecule has 0 spiro atoms. The topological polar surface area (TPSA) is 90.6 Å². The van der Waals surface area contributed by atoms with Crippen LogP contribution in [-0.4, -0.2) is 47.8 Å². The molecule has 0 bridgehead atoms. The van der Waals surface area contributed by atoms with E-state index < -0.39 is 0 Å². The molecule has 0 saturated heterocycles. The van der Waals surface area contributed by atoms with Crippen molar-refractivity contribution in [2.24, 2.45) is 9.98 Å². The Hall–Kier alpha value is -3.61. The number of aliphatic imine (C=N–C) groups is 2. The monoisotopic (exact) mass is 370 g/mol. The van der Waals surface area contributed by atoms with E-state index in [1.54, 1.807) is 0 Å². The normalized spacial score (nSPS) is 16.3. The van der Waals surface area contributed by atoms with E-state index >= 15 is 0 Å². The molecule has 0 amide bonds. The molecule has 28 heavy (non-hydrogen) atoms. The fourth-order valence-electron chi connectivity index (χ4n) is 3.76. The van der Waals surface area contributed by atoms with Crippen molar-refractivity contribution in [1.82, 2.24) is 20.6 Å². The van der Waals surface area contributed by atoms with Gasteiger partial charge < -0.3 is 20.0 Å². The third kappa shape index (κ3) is 2.47. The van der Waals surface area contributed by atoms with Crippen molar-refractivity contribution in [1.29, 1.82) is 0 Å². The summed E-state index contributed by atoms with van der Waals surface area (Å²) in [4.78, 5) is 17.1. The van der Waals surface area contributed by atoms with E-state index in [-0.39, 0.29) is 0 Å². The summed E-state index contributed by atoms with van der Waals surface area (Å²) in [6, 6.07) is 14.3. The number of aromatic nitrogens is 2. The van der Waals surface area contributed by atoms with Crippen LogP contribution < -0.4 is 10.6 Å². The van der Waals surface area contributed by atoms with Crippen molar-refractivity contribution < 1.29 is 4.42 Å². The van der Waals surface area contributed by atoms with Gasteiger partial charge in [-0.05, 0) is 42.5 Å². The SMILES string of the molecule is c1cc2nc(-c3ccc4oc(C5=NCCN5)cc4c3)[nH]c2cc1C1=NCCN1. The molecular formula is C21H18N6O. The van der Waals surface area contributed by atoms with Gasteiger partial charge in [0.05, 0.1) is 24.1 Å². The van der Waals surface area contributed by atoms with Crippen molar-refractivity contribution in [3.05, 3.63) is 53.8 Å². The Morgan fingerprint density at radius 2 is 1.64 bits per heavy atom. The molecule has 2 aromatic carbocycles. The largest absolute Gasteiger partial charge is 0.453 e. The molecule has 2 aliphatic rings. The first-order chi connectivity index (χ1) is 13.8. The number of furan rings is 1. The molecule has 0 aliphatic carbocycles. The predicted octanol–water partition coefficient (Wildman–Crippen LogP) is 2.68. The van der Waals surface area contributed by atoms with Gasteiger partial charge in [0.25, 0.3) is 0 Å². The molecular weight excluding hydrogens is 352 g/mol. The van der Waals surface area contributed by atoms with Gasteiger partial charge in [-0.1, -0.05) is 0 Å². The maximum Gasteiger partial charge on any atom is 0.170 e. The number of fused-ring (bicyclic) bond motifs is 2. The van der Waals surface area contributed by atoms with Gasteiger partial charge in [-0.3, -0.25) is 9.98 Å². The van der Waals surface area contributed by atoms with E-state index in [0.717, 1.165) is 82.6 Å². The molecule has 0 saturated carbocycles. The second-order valence-electron chi connectivity index (χ2n) is 6.99. The van der Waals surface area contributed by atoms with Gasteiger partial charge in [-0.2, -0.15) is 0 Å². The molecule has 0 radical (unpaired) electrons. The van der Waals surface area contributed by atoms with Gasteiger partial charge in [0.15, 0.2) is 11.6 Å². The summed E-state index contributed by atoms with van der Waals surface area (Å²) in [6.07, 6.45) is 0. The Bertz CT molecular complexity index is 1260. The van der Waals surface area contributed by atoms with Gasteiger partial charge in [-0.15, -0.1) is 0 Å². The molecule has 0 atom stereocenters. The van der Waals surface area contributed by atoms with Crippen molar-refractivity contribution in [2.45, 2.75) is 0 Å². The second kappa shape index (κ2) is 5.95. The van der Waals surface area contributed by atoms with Crippen molar-refractivity contribution in [3.63, 3.8) is 0 Å². The highest BCUT2D eigenvalue weighted by molar-refractivity contribution is 6.02. The number of aromatic amines is 1. The summed E-state index contributed by atoms with van der Waals surface area (Å²) >= 11 is 0. The highest BCUT2D eigenvalue weighted by Gasteiger charge is 2.15. The fraction of sp³-hybridized carbons (Fsp3) is 0.190. The minimum absolute atomic E-state index is 0.781. The smallest absolute Gasteiger partial charge is 0.170 e. The fourth-order valence-corrected chi connectivity index (χ4v) is 3.76. The molecule has 4 aromatic rings. The lowest BCUT2D eigenvalue weighted by Crippen LogP contribution is -2.19. The average molecular weight is 370 g/mol. The summed E-state index contributed by atoms with van der Waals surface area (Å²) in [5.74, 6) is 3.41. The Balaban J connectivity index is 1.39. The van der Waals surface area contributed by atoms with Crippen LogP contribution in [0.1, 0.15) is 11.3 Å². The van der Waals surface area contributed by atoms with Crippen molar-refractivity contribution in [3.8, 4) is 11.4 Å². The first-order valence-corrected chi connectivity index (χ1v) is 9.45. The summed E-state index contributed by atoms with van der Waals surface area (Å²) in [5, 5.41) is 7.60. The van der Waals surface area contributed by atoms with Crippen LogP contribution in [0.4, 0.5) is 0 Å². The third-order valence-corrected chi connectivity index (χ3v) is 5.13. The van der Waals surface area contributed by atoms with E-state index in [1.807, 2.05) is 24.3 Å². The van der Waals surface area contributed by atoms with Crippen LogP contribution in [0.5, 0.6) is 0 Å². The number of amidine groups is 2. The maximum absolute atomic E-state index is 5.93. The summed E-state index contributed by atoms with van der Waals surface area (Å²) in [7, 11) is 0. The van der Waals surface area contributed by atoms with Gasteiger partial charge in [-0.25, -0.2) is 4.98 Å². The Kier molecular flexibility index (Phi) is 3.28. The zero-order valence-corrected chi connectivity index (χ0v) is 15.1. The van der Waals surface area contributed by atoms with Gasteiger partial charge in [0.1, 0.15) is 17.2 Å². The van der Waals surface area contributed by atoms with E-state index in [9.17, 15) is 0 Å². The molecule has 138 valence electrons. The van der Waals surface area contributed by atoms with Gasteiger partial charge in [0.2, 0.25) is 0 Å². The number of hydrogen-bond donors (Lipinski definition) is 3. The van der Waals surface area contributed by atoms with Gasteiger partial charge in [0, 0.05) is 29.6 Å². The van der Waals surface area contributed by atoms with Crippen molar-refractivity contribution >= 4 is 33.7 Å². The lowest BCUT2D eigenvalue weighted by Gasteiger charge is -2.01. The van der Waals surface area contributed by atoms with Crippen LogP contribution in [0.3, 0.4) is 0 Å². The molecule has 0 fully saturated rings. The highest BCUT2D eigenvalue weighted by atomic mass is 16.3. The summed E-state index contributed by atoms with van der Waals surface area (Å²) in [6.45, 7) is 3.38. The van der Waals surface area contributed by atoms with E-state index in [4.69, 9.17) is 9.40 Å². The molecule has 2 aliphatic heterocycles. The van der Waals surface area contributed by atoms with Crippen LogP contribution in [0.15, 0.2) is 56.9 Å². The van der Waals surface area contributed by atoms with Crippen LogP contribution in [0.2, 0.25) is 0 Å². The van der Waals surface area contributed by atoms with E-state index in [1.165, 1.54) is 0 Å². The molecule has 4 heterocycles. The van der Waals surface area contributed by atoms with E-state index in [0.29, 0.717) is 0 Å². The molecule has 0 unspecified atom stereocenters. The molecule has 6 rings (SSSR count). The average Bonchev–Trinajstić information content (AvgIpc) is 3.52. The van der Waals surface area contributed by atoms with Crippen LogP contribution in [0.25, 0.3) is 33.4 Å². The third-order valence-electron chi connectivity index (χ3n) is 5.13. The minimum atomic E-state index is 0.781. The predicted molar refractivity (Wildman–Crippen MR) is 110 cm³/mol. The second-order valence-corrected chi connectivity index (χ2v) is 6.99. The molecule has 2 aromatic heterocycles. The highest BCUT2D eigenvalue weighted by Crippen LogP contribution is 2.27. The zero-order chi connectivity index (χ0) is 18.5. The maximum atomic E-state index is 5.93. The lowest BCUT2D eigenvalue weighted by atomic mass is 10.1. The Morgan fingerprint density at radius 1 is 0.821 bits per heavy atom. The Labute approximate surface area is 160 Å². The number of hydrogen-bond acceptors (Lipinski definition) is 6. The first-order valence-electron chi connectivity index (χ1n) is 9.45. The number of H-pyrrole nitrogens is 1. The summed E-state index contributed by atoms with van der Waals surface area (Å²) in [5.41, 5.74) is 4.89.